The van der Waals surface area contributed by atoms with E-state index in [0.29, 0.717) is 12.4 Å². The van der Waals surface area contributed by atoms with E-state index in [0.717, 1.165) is 36.5 Å². The second kappa shape index (κ2) is 7.05. The molecule has 3 heterocycles. The molecule has 1 aromatic carbocycles. The Morgan fingerprint density at radius 1 is 1.31 bits per heavy atom. The molecule has 5 nitrogen and oxygen atoms in total. The van der Waals surface area contributed by atoms with Gasteiger partial charge in [-0.3, -0.25) is 9.69 Å². The van der Waals surface area contributed by atoms with Crippen LogP contribution in [-0.4, -0.2) is 28.5 Å². The Morgan fingerprint density at radius 2 is 2.19 bits per heavy atom. The summed E-state index contributed by atoms with van der Waals surface area (Å²) in [5, 5.41) is 0. The maximum atomic E-state index is 12.2. The highest BCUT2D eigenvalue weighted by molar-refractivity contribution is 7.15. The highest BCUT2D eigenvalue weighted by atomic mass is 32.1. The van der Waals surface area contributed by atoms with Crippen molar-refractivity contribution in [3.05, 3.63) is 68.7 Å². The molecule has 0 radical (unpaired) electrons. The Hall–Kier alpha value is -2.44. The number of aryl methyl sites for hydroxylation is 1. The van der Waals surface area contributed by atoms with E-state index in [2.05, 4.69) is 39.1 Å². The summed E-state index contributed by atoms with van der Waals surface area (Å²) in [5.74, 6) is 1.57. The summed E-state index contributed by atoms with van der Waals surface area (Å²) in [6.07, 6.45) is 0.828. The Morgan fingerprint density at radius 3 is 3.04 bits per heavy atom. The predicted octanol–water partition coefficient (Wildman–Crippen LogP) is 3.37. The summed E-state index contributed by atoms with van der Waals surface area (Å²) in [5.41, 5.74) is 2.93. The van der Waals surface area contributed by atoms with Gasteiger partial charge in [-0.15, -0.1) is 11.3 Å². The summed E-state index contributed by atoms with van der Waals surface area (Å²) in [6, 6.07) is 12.5. The summed E-state index contributed by atoms with van der Waals surface area (Å²) < 4.78 is 5.32. The van der Waals surface area contributed by atoms with Gasteiger partial charge in [-0.25, -0.2) is 4.98 Å². The molecule has 1 aliphatic heterocycles. The summed E-state index contributed by atoms with van der Waals surface area (Å²) in [4.78, 5) is 24.3. The molecule has 2 aromatic heterocycles. The first-order chi connectivity index (χ1) is 12.6. The third-order valence-corrected chi connectivity index (χ3v) is 5.78. The number of nitrogens with zero attached hydrogens (tertiary/aromatic N) is 2. The molecule has 0 fully saturated rings. The van der Waals surface area contributed by atoms with Crippen LogP contribution in [0.25, 0.3) is 10.4 Å². The molecule has 0 atom stereocenters. The average molecular weight is 367 g/mol. The Labute approximate surface area is 156 Å². The minimum Gasteiger partial charge on any atom is -0.497 e. The van der Waals surface area contributed by atoms with Gasteiger partial charge in [0.1, 0.15) is 11.6 Å². The van der Waals surface area contributed by atoms with E-state index in [4.69, 9.17) is 4.74 Å². The lowest BCUT2D eigenvalue weighted by molar-refractivity contribution is 0.243. The van der Waals surface area contributed by atoms with Gasteiger partial charge in [0, 0.05) is 35.8 Å². The van der Waals surface area contributed by atoms with Crippen molar-refractivity contribution in [1.29, 1.82) is 0 Å². The number of aromatic amines is 1. The van der Waals surface area contributed by atoms with Crippen LogP contribution < -0.4 is 10.3 Å². The standard InChI is InChI=1S/C20H21N3O2S/c1-13-21-18-8-9-23(12-17(18)20(24)22-13)11-16-6-7-19(26-16)14-4-3-5-15(10-14)25-2/h3-7,10H,8-9,11-12H2,1-2H3,(H,21,22,24). The van der Waals surface area contributed by atoms with Gasteiger partial charge in [0.15, 0.2) is 0 Å². The summed E-state index contributed by atoms with van der Waals surface area (Å²) in [6.45, 7) is 4.26. The molecule has 0 amide bonds. The molecule has 0 unspecified atom stereocenters. The van der Waals surface area contributed by atoms with Gasteiger partial charge in [-0.05, 0) is 36.8 Å². The fraction of sp³-hybridized carbons (Fsp3) is 0.300. The third kappa shape index (κ3) is 3.43. The van der Waals surface area contributed by atoms with Crippen molar-refractivity contribution in [3.8, 4) is 16.2 Å². The average Bonchev–Trinajstić information content (AvgIpc) is 3.11. The first kappa shape index (κ1) is 17.0. The van der Waals surface area contributed by atoms with E-state index in [1.807, 2.05) is 19.1 Å². The molecule has 4 rings (SSSR count). The Balaban J connectivity index is 1.50. The normalized spacial score (nSPS) is 14.2. The van der Waals surface area contributed by atoms with Gasteiger partial charge in [0.2, 0.25) is 0 Å². The van der Waals surface area contributed by atoms with E-state index >= 15 is 0 Å². The number of nitrogens with one attached hydrogen (secondary N) is 1. The molecule has 26 heavy (non-hydrogen) atoms. The topological polar surface area (TPSA) is 58.2 Å². The van der Waals surface area contributed by atoms with Crippen LogP contribution in [0.4, 0.5) is 0 Å². The van der Waals surface area contributed by atoms with Crippen molar-refractivity contribution in [1.82, 2.24) is 14.9 Å². The maximum Gasteiger partial charge on any atom is 0.255 e. The summed E-state index contributed by atoms with van der Waals surface area (Å²) >= 11 is 1.79. The molecular formula is C20H21N3O2S. The summed E-state index contributed by atoms with van der Waals surface area (Å²) in [7, 11) is 1.69. The van der Waals surface area contributed by atoms with Gasteiger partial charge in [-0.2, -0.15) is 0 Å². The molecule has 6 heteroatoms. The van der Waals surface area contributed by atoms with Crippen LogP contribution in [0, 0.1) is 6.92 Å². The molecule has 1 aliphatic rings. The quantitative estimate of drug-likeness (QED) is 0.768. The number of aromatic nitrogens is 2. The molecule has 3 aromatic rings. The molecule has 0 bridgehead atoms. The maximum absolute atomic E-state index is 12.2. The van der Waals surface area contributed by atoms with Crippen molar-refractivity contribution in [2.24, 2.45) is 0 Å². The van der Waals surface area contributed by atoms with Crippen LogP contribution in [0.5, 0.6) is 5.75 Å². The van der Waals surface area contributed by atoms with Crippen LogP contribution in [0.3, 0.4) is 0 Å². The van der Waals surface area contributed by atoms with E-state index in [9.17, 15) is 4.79 Å². The lowest BCUT2D eigenvalue weighted by Gasteiger charge is -2.27. The molecular weight excluding hydrogens is 346 g/mol. The zero-order chi connectivity index (χ0) is 18.1. The lowest BCUT2D eigenvalue weighted by atomic mass is 10.1. The van der Waals surface area contributed by atoms with E-state index < -0.39 is 0 Å². The SMILES string of the molecule is COc1cccc(-c2ccc(CN3CCc4nc(C)[nH]c(=O)c4C3)s2)c1. The highest BCUT2D eigenvalue weighted by Gasteiger charge is 2.21. The number of ether oxygens (including phenoxy) is 1. The van der Waals surface area contributed by atoms with Crippen molar-refractivity contribution in [2.75, 3.05) is 13.7 Å². The van der Waals surface area contributed by atoms with Crippen molar-refractivity contribution in [2.45, 2.75) is 26.4 Å². The van der Waals surface area contributed by atoms with E-state index in [-0.39, 0.29) is 5.56 Å². The zero-order valence-corrected chi connectivity index (χ0v) is 15.7. The third-order valence-electron chi connectivity index (χ3n) is 4.66. The van der Waals surface area contributed by atoms with Gasteiger partial charge in [-0.1, -0.05) is 12.1 Å². The van der Waals surface area contributed by atoms with Crippen LogP contribution in [0.2, 0.25) is 0 Å². The van der Waals surface area contributed by atoms with E-state index in [1.165, 1.54) is 15.3 Å². The number of methoxy groups -OCH3 is 1. The zero-order valence-electron chi connectivity index (χ0n) is 14.9. The van der Waals surface area contributed by atoms with Gasteiger partial charge in [0.25, 0.3) is 5.56 Å². The number of benzene rings is 1. The van der Waals surface area contributed by atoms with Crippen molar-refractivity contribution in [3.63, 3.8) is 0 Å². The predicted molar refractivity (Wildman–Crippen MR) is 104 cm³/mol. The van der Waals surface area contributed by atoms with Crippen LogP contribution >= 0.6 is 11.3 Å². The number of hydrogen-bond donors (Lipinski definition) is 1. The minimum absolute atomic E-state index is 0.000416. The van der Waals surface area contributed by atoms with E-state index in [1.54, 1.807) is 18.4 Å². The van der Waals surface area contributed by atoms with Crippen LogP contribution in [-0.2, 0) is 19.5 Å². The Kier molecular flexibility index (Phi) is 4.61. The first-order valence-corrected chi connectivity index (χ1v) is 9.48. The van der Waals surface area contributed by atoms with Gasteiger partial charge in [0.05, 0.1) is 18.4 Å². The number of rotatable bonds is 4. The molecule has 0 saturated heterocycles. The first-order valence-electron chi connectivity index (χ1n) is 8.66. The molecule has 1 N–H and O–H groups in total. The second-order valence-corrected chi connectivity index (χ2v) is 7.70. The van der Waals surface area contributed by atoms with Crippen LogP contribution in [0.1, 0.15) is 22.0 Å². The molecule has 0 saturated carbocycles. The highest BCUT2D eigenvalue weighted by Crippen LogP contribution is 2.31. The lowest BCUT2D eigenvalue weighted by Crippen LogP contribution is -2.35. The largest absolute Gasteiger partial charge is 0.497 e. The fourth-order valence-corrected chi connectivity index (χ4v) is 4.40. The fourth-order valence-electron chi connectivity index (χ4n) is 3.35. The Bertz CT molecular complexity index is 993. The molecule has 0 aliphatic carbocycles. The molecule has 134 valence electrons. The van der Waals surface area contributed by atoms with Crippen LogP contribution in [0.15, 0.2) is 41.2 Å². The van der Waals surface area contributed by atoms with Crippen molar-refractivity contribution >= 4 is 11.3 Å². The number of fused-ring (bicyclic) bond motifs is 1. The monoisotopic (exact) mass is 367 g/mol. The smallest absolute Gasteiger partial charge is 0.255 e. The molecule has 0 spiro atoms. The van der Waals surface area contributed by atoms with Crippen molar-refractivity contribution < 1.29 is 4.74 Å². The van der Waals surface area contributed by atoms with Gasteiger partial charge < -0.3 is 9.72 Å². The number of H-pyrrole nitrogens is 1. The second-order valence-electron chi connectivity index (χ2n) is 6.54. The number of hydrogen-bond acceptors (Lipinski definition) is 5. The van der Waals surface area contributed by atoms with Gasteiger partial charge >= 0.3 is 0 Å². The minimum atomic E-state index is 0.000416. The number of thiophene rings is 1.